The van der Waals surface area contributed by atoms with Crippen molar-refractivity contribution in [3.05, 3.63) is 26.6 Å². The van der Waals surface area contributed by atoms with Crippen LogP contribution in [0.15, 0.2) is 17.5 Å². The van der Waals surface area contributed by atoms with E-state index < -0.39 is 0 Å². The summed E-state index contributed by atoms with van der Waals surface area (Å²) in [4.78, 5) is 10.6. The third kappa shape index (κ3) is 1.44. The van der Waals surface area contributed by atoms with Gasteiger partial charge in [0.2, 0.25) is 0 Å². The van der Waals surface area contributed by atoms with Gasteiger partial charge in [-0.05, 0) is 34.7 Å². The van der Waals surface area contributed by atoms with E-state index in [1.165, 1.54) is 0 Å². The van der Waals surface area contributed by atoms with Crippen molar-refractivity contribution in [1.29, 1.82) is 0 Å². The summed E-state index contributed by atoms with van der Waals surface area (Å²) in [6.45, 7) is 0. The molecule has 0 radical (unpaired) electrons. The number of aldehydes is 1. The summed E-state index contributed by atoms with van der Waals surface area (Å²) >= 11 is 3.85. The fraction of sp³-hybridized carbons (Fsp3) is 0. The molecule has 0 bridgehead atoms. The highest BCUT2D eigenvalue weighted by Gasteiger charge is 2.05. The molecule has 1 aromatic heterocycles. The van der Waals surface area contributed by atoms with Crippen molar-refractivity contribution in [3.63, 3.8) is 0 Å². The van der Waals surface area contributed by atoms with Gasteiger partial charge in [-0.15, -0.1) is 11.3 Å². The molecule has 2 rings (SSSR count). The molecule has 0 aliphatic rings. The Morgan fingerprint density at radius 1 is 1.46 bits per heavy atom. The van der Waals surface area contributed by atoms with Gasteiger partial charge in [-0.1, -0.05) is 0 Å². The topological polar surface area (TPSA) is 43.1 Å². The normalized spacial score (nSPS) is 10.5. The van der Waals surface area contributed by atoms with E-state index >= 15 is 0 Å². The lowest BCUT2D eigenvalue weighted by molar-refractivity contribution is 0.112. The Morgan fingerprint density at radius 3 is 2.92 bits per heavy atom. The number of hydrogen-bond donors (Lipinski definition) is 1. The van der Waals surface area contributed by atoms with Gasteiger partial charge in [0.25, 0.3) is 0 Å². The van der Waals surface area contributed by atoms with Crippen molar-refractivity contribution in [2.45, 2.75) is 0 Å². The van der Waals surface area contributed by atoms with Crippen LogP contribution in [0.2, 0.25) is 0 Å². The third-order valence-corrected chi connectivity index (χ3v) is 4.17. The Labute approximate surface area is 92.9 Å². The molecule has 13 heavy (non-hydrogen) atoms. The van der Waals surface area contributed by atoms with E-state index in [0.717, 1.165) is 19.9 Å². The second-order valence-electron chi connectivity index (χ2n) is 2.69. The number of nitrogens with two attached hydrogens (primary N) is 1. The largest absolute Gasteiger partial charge is 0.398 e. The predicted octanol–water partition coefficient (Wildman–Crippen LogP) is 2.90. The Hall–Kier alpha value is -0.620. The molecule has 2 nitrogen and oxygen atoms in total. The Kier molecular flexibility index (Phi) is 2.25. The van der Waals surface area contributed by atoms with Crippen molar-refractivity contribution >= 4 is 56.0 Å². The molecule has 4 heteroatoms. The number of rotatable bonds is 1. The van der Waals surface area contributed by atoms with Crippen molar-refractivity contribution in [1.82, 2.24) is 0 Å². The van der Waals surface area contributed by atoms with Crippen LogP contribution >= 0.6 is 33.9 Å². The van der Waals surface area contributed by atoms with Crippen LogP contribution < -0.4 is 5.73 Å². The van der Waals surface area contributed by atoms with Crippen LogP contribution in [-0.4, -0.2) is 6.29 Å². The number of fused-ring (bicyclic) bond motifs is 1. The van der Waals surface area contributed by atoms with Gasteiger partial charge in [-0.25, -0.2) is 0 Å². The number of nitrogen functional groups attached to an aromatic ring is 1. The van der Waals surface area contributed by atoms with Crippen LogP contribution in [0.25, 0.3) is 10.1 Å². The third-order valence-electron chi connectivity index (χ3n) is 1.81. The fourth-order valence-electron chi connectivity index (χ4n) is 1.23. The highest BCUT2D eigenvalue weighted by atomic mass is 127. The molecule has 1 heterocycles. The van der Waals surface area contributed by atoms with Crippen molar-refractivity contribution in [2.75, 3.05) is 5.73 Å². The number of carbonyl (C=O) groups is 1. The van der Waals surface area contributed by atoms with E-state index in [9.17, 15) is 4.79 Å². The van der Waals surface area contributed by atoms with Crippen molar-refractivity contribution < 1.29 is 4.79 Å². The Morgan fingerprint density at radius 2 is 2.23 bits per heavy atom. The molecule has 66 valence electrons. The minimum Gasteiger partial charge on any atom is -0.398 e. The first kappa shape index (κ1) is 8.96. The van der Waals surface area contributed by atoms with E-state index in [1.54, 1.807) is 17.4 Å². The maximum atomic E-state index is 10.6. The van der Waals surface area contributed by atoms with E-state index in [1.807, 2.05) is 11.4 Å². The van der Waals surface area contributed by atoms with Crippen LogP contribution in [0, 0.1) is 3.57 Å². The predicted molar refractivity (Wildman–Crippen MR) is 64.3 cm³/mol. The minimum absolute atomic E-state index is 0.640. The lowest BCUT2D eigenvalue weighted by Crippen LogP contribution is -1.88. The summed E-state index contributed by atoms with van der Waals surface area (Å²) in [5.74, 6) is 0. The minimum atomic E-state index is 0.640. The molecule has 1 aromatic carbocycles. The van der Waals surface area contributed by atoms with Crippen LogP contribution in [-0.2, 0) is 0 Å². The number of carbonyl (C=O) groups excluding carboxylic acids is 1. The molecule has 0 amide bonds. The summed E-state index contributed by atoms with van der Waals surface area (Å²) in [6.07, 6.45) is 0.823. The molecule has 0 fully saturated rings. The molecule has 2 N–H and O–H groups in total. The van der Waals surface area contributed by atoms with Gasteiger partial charge in [-0.3, -0.25) is 4.79 Å². The zero-order chi connectivity index (χ0) is 9.42. The first-order valence-corrected chi connectivity index (χ1v) is 5.59. The lowest BCUT2D eigenvalue weighted by Gasteiger charge is -1.97. The quantitative estimate of drug-likeness (QED) is 0.500. The Bertz CT molecular complexity index is 478. The number of hydrogen-bond acceptors (Lipinski definition) is 3. The van der Waals surface area contributed by atoms with Crippen molar-refractivity contribution in [2.24, 2.45) is 0 Å². The number of anilines is 1. The van der Waals surface area contributed by atoms with E-state index in [-0.39, 0.29) is 0 Å². The maximum Gasteiger partial charge on any atom is 0.150 e. The average Bonchev–Trinajstić information content (AvgIpc) is 2.48. The molecule has 2 aromatic rings. The van der Waals surface area contributed by atoms with Crippen LogP contribution in [0.5, 0.6) is 0 Å². The molecule has 0 atom stereocenters. The van der Waals surface area contributed by atoms with Crippen LogP contribution in [0.4, 0.5) is 5.69 Å². The average molecular weight is 303 g/mol. The van der Waals surface area contributed by atoms with Gasteiger partial charge in [0.15, 0.2) is 0 Å². The standard InChI is InChI=1S/C9H6INOS/c10-7-4-13-9-6(7)1-5(3-12)2-8(9)11/h1-4H,11H2. The summed E-state index contributed by atoms with van der Waals surface area (Å²) in [6, 6.07) is 3.58. The summed E-state index contributed by atoms with van der Waals surface area (Å²) in [5, 5.41) is 3.11. The fourth-order valence-corrected chi connectivity index (χ4v) is 3.05. The maximum absolute atomic E-state index is 10.6. The zero-order valence-electron chi connectivity index (χ0n) is 6.58. The highest BCUT2D eigenvalue weighted by molar-refractivity contribution is 14.1. The highest BCUT2D eigenvalue weighted by Crippen LogP contribution is 2.32. The molecule has 0 saturated carbocycles. The molecule has 0 aliphatic heterocycles. The van der Waals surface area contributed by atoms with Gasteiger partial charge < -0.3 is 5.73 Å². The SMILES string of the molecule is Nc1cc(C=O)cc2c(I)csc12. The molecular weight excluding hydrogens is 297 g/mol. The monoisotopic (exact) mass is 303 g/mol. The molecule has 0 saturated heterocycles. The molecular formula is C9H6INOS. The van der Waals surface area contributed by atoms with Crippen molar-refractivity contribution in [3.8, 4) is 0 Å². The van der Waals surface area contributed by atoms with Gasteiger partial charge >= 0.3 is 0 Å². The summed E-state index contributed by atoms with van der Waals surface area (Å²) in [7, 11) is 0. The van der Waals surface area contributed by atoms with Gasteiger partial charge in [0.05, 0.1) is 10.4 Å². The zero-order valence-corrected chi connectivity index (χ0v) is 9.56. The number of halogens is 1. The first-order valence-electron chi connectivity index (χ1n) is 3.64. The molecule has 0 aliphatic carbocycles. The van der Waals surface area contributed by atoms with Gasteiger partial charge in [0.1, 0.15) is 6.29 Å². The summed E-state index contributed by atoms with van der Waals surface area (Å²) in [5.41, 5.74) is 7.12. The smallest absolute Gasteiger partial charge is 0.150 e. The van der Waals surface area contributed by atoms with E-state index in [2.05, 4.69) is 22.6 Å². The van der Waals surface area contributed by atoms with Gasteiger partial charge in [-0.2, -0.15) is 0 Å². The van der Waals surface area contributed by atoms with E-state index in [4.69, 9.17) is 5.73 Å². The number of benzene rings is 1. The second-order valence-corrected chi connectivity index (χ2v) is 4.73. The second kappa shape index (κ2) is 3.26. The van der Waals surface area contributed by atoms with Crippen LogP contribution in [0.3, 0.4) is 0 Å². The lowest BCUT2D eigenvalue weighted by atomic mass is 10.1. The Balaban J connectivity index is 2.87. The van der Waals surface area contributed by atoms with E-state index in [0.29, 0.717) is 11.3 Å². The first-order chi connectivity index (χ1) is 6.22. The number of thiophene rings is 1. The molecule has 0 unspecified atom stereocenters. The summed E-state index contributed by atoms with van der Waals surface area (Å²) < 4.78 is 2.21. The molecule has 0 spiro atoms. The van der Waals surface area contributed by atoms with Gasteiger partial charge in [0, 0.05) is 19.9 Å². The van der Waals surface area contributed by atoms with Crippen LogP contribution in [0.1, 0.15) is 10.4 Å².